The molecule has 6 heteroatoms. The Kier molecular flexibility index (Phi) is 5.49. The first-order valence-corrected chi connectivity index (χ1v) is 6.62. The SMILES string of the molecule is CCNc1cccc(C(=O)NCC(=O)NC(C)(C)C)n1. The van der Waals surface area contributed by atoms with Crippen molar-refractivity contribution in [1.29, 1.82) is 0 Å². The molecule has 6 nitrogen and oxygen atoms in total. The molecule has 110 valence electrons. The van der Waals surface area contributed by atoms with Crippen LogP contribution in [-0.2, 0) is 4.79 Å². The molecule has 0 aromatic carbocycles. The van der Waals surface area contributed by atoms with Crippen LogP contribution in [0.1, 0.15) is 38.2 Å². The van der Waals surface area contributed by atoms with E-state index in [1.54, 1.807) is 18.2 Å². The number of carbonyl (C=O) groups excluding carboxylic acids is 2. The van der Waals surface area contributed by atoms with Crippen molar-refractivity contribution in [2.45, 2.75) is 33.2 Å². The lowest BCUT2D eigenvalue weighted by Crippen LogP contribution is -2.45. The second-order valence-corrected chi connectivity index (χ2v) is 5.42. The summed E-state index contributed by atoms with van der Waals surface area (Å²) >= 11 is 0. The van der Waals surface area contributed by atoms with Crippen LogP contribution in [0.15, 0.2) is 18.2 Å². The molecule has 0 atom stereocenters. The lowest BCUT2D eigenvalue weighted by atomic mass is 10.1. The molecule has 1 heterocycles. The fourth-order valence-corrected chi connectivity index (χ4v) is 1.55. The van der Waals surface area contributed by atoms with Gasteiger partial charge in [-0.1, -0.05) is 6.07 Å². The highest BCUT2D eigenvalue weighted by molar-refractivity contribution is 5.95. The van der Waals surface area contributed by atoms with Crippen molar-refractivity contribution < 1.29 is 9.59 Å². The van der Waals surface area contributed by atoms with E-state index in [0.29, 0.717) is 5.82 Å². The Morgan fingerprint density at radius 3 is 2.55 bits per heavy atom. The van der Waals surface area contributed by atoms with E-state index in [9.17, 15) is 9.59 Å². The Morgan fingerprint density at radius 1 is 1.25 bits per heavy atom. The summed E-state index contributed by atoms with van der Waals surface area (Å²) in [7, 11) is 0. The Hall–Kier alpha value is -2.11. The molecule has 0 saturated heterocycles. The number of hydrogen-bond donors (Lipinski definition) is 3. The number of nitrogens with zero attached hydrogens (tertiary/aromatic N) is 1. The third-order valence-electron chi connectivity index (χ3n) is 2.26. The monoisotopic (exact) mass is 278 g/mol. The minimum Gasteiger partial charge on any atom is -0.370 e. The molecule has 0 radical (unpaired) electrons. The molecule has 0 saturated carbocycles. The number of rotatable bonds is 5. The Bertz CT molecular complexity index is 480. The van der Waals surface area contributed by atoms with Gasteiger partial charge in [-0.3, -0.25) is 9.59 Å². The molecule has 0 aliphatic heterocycles. The minimum absolute atomic E-state index is 0.0663. The van der Waals surface area contributed by atoms with E-state index in [2.05, 4.69) is 20.9 Å². The first-order chi connectivity index (χ1) is 9.31. The summed E-state index contributed by atoms with van der Waals surface area (Å²) in [5.74, 6) is 0.0433. The van der Waals surface area contributed by atoms with Crippen LogP contribution in [0.25, 0.3) is 0 Å². The van der Waals surface area contributed by atoms with Gasteiger partial charge in [0.2, 0.25) is 5.91 Å². The molecule has 1 aromatic rings. The topological polar surface area (TPSA) is 83.1 Å². The average Bonchev–Trinajstić information content (AvgIpc) is 2.34. The standard InChI is InChI=1S/C14H22N4O2/c1-5-15-11-8-6-7-10(17-11)13(20)16-9-12(19)18-14(2,3)4/h6-8H,5,9H2,1-4H3,(H,15,17)(H,16,20)(H,18,19). The normalized spacial score (nSPS) is 10.8. The molecule has 0 spiro atoms. The lowest BCUT2D eigenvalue weighted by Gasteiger charge is -2.20. The Labute approximate surface area is 119 Å². The molecule has 0 bridgehead atoms. The fourth-order valence-electron chi connectivity index (χ4n) is 1.55. The van der Waals surface area contributed by atoms with E-state index in [0.717, 1.165) is 6.54 Å². The maximum Gasteiger partial charge on any atom is 0.270 e. The summed E-state index contributed by atoms with van der Waals surface area (Å²) in [6.07, 6.45) is 0. The quantitative estimate of drug-likeness (QED) is 0.754. The van der Waals surface area contributed by atoms with Gasteiger partial charge in [-0.2, -0.15) is 0 Å². The predicted octanol–water partition coefficient (Wildman–Crippen LogP) is 1.16. The molecular formula is C14H22N4O2. The summed E-state index contributed by atoms with van der Waals surface area (Å²) in [4.78, 5) is 27.7. The first kappa shape index (κ1) is 15.9. The number of aromatic nitrogens is 1. The number of amides is 2. The second kappa shape index (κ2) is 6.88. The van der Waals surface area contributed by atoms with Crippen LogP contribution in [0.2, 0.25) is 0 Å². The molecule has 0 aliphatic carbocycles. The van der Waals surface area contributed by atoms with E-state index >= 15 is 0 Å². The molecule has 0 unspecified atom stereocenters. The average molecular weight is 278 g/mol. The number of carbonyl (C=O) groups is 2. The van der Waals surface area contributed by atoms with Crippen LogP contribution in [0.4, 0.5) is 5.82 Å². The highest BCUT2D eigenvalue weighted by Gasteiger charge is 2.15. The summed E-state index contributed by atoms with van der Waals surface area (Å²) in [6, 6.07) is 5.14. The number of pyridine rings is 1. The summed E-state index contributed by atoms with van der Waals surface area (Å²) < 4.78 is 0. The molecule has 0 aliphatic rings. The minimum atomic E-state index is -0.367. The van der Waals surface area contributed by atoms with Crippen molar-refractivity contribution in [3.8, 4) is 0 Å². The Balaban J connectivity index is 2.54. The van der Waals surface area contributed by atoms with Gasteiger partial charge in [-0.25, -0.2) is 4.98 Å². The smallest absolute Gasteiger partial charge is 0.270 e. The van der Waals surface area contributed by atoms with Crippen molar-refractivity contribution in [2.75, 3.05) is 18.4 Å². The zero-order valence-corrected chi connectivity index (χ0v) is 12.4. The lowest BCUT2D eigenvalue weighted by molar-refractivity contribution is -0.121. The van der Waals surface area contributed by atoms with Crippen LogP contribution in [0, 0.1) is 0 Å². The first-order valence-electron chi connectivity index (χ1n) is 6.62. The van der Waals surface area contributed by atoms with E-state index in [1.165, 1.54) is 0 Å². The van der Waals surface area contributed by atoms with Crippen LogP contribution in [0.5, 0.6) is 0 Å². The number of hydrogen-bond acceptors (Lipinski definition) is 4. The summed E-state index contributed by atoms with van der Waals surface area (Å²) in [5.41, 5.74) is -0.0302. The van der Waals surface area contributed by atoms with E-state index in [-0.39, 0.29) is 29.6 Å². The van der Waals surface area contributed by atoms with Gasteiger partial charge in [0.1, 0.15) is 11.5 Å². The van der Waals surface area contributed by atoms with Gasteiger partial charge in [0.25, 0.3) is 5.91 Å². The largest absolute Gasteiger partial charge is 0.370 e. The van der Waals surface area contributed by atoms with Gasteiger partial charge >= 0.3 is 0 Å². The van der Waals surface area contributed by atoms with Crippen LogP contribution < -0.4 is 16.0 Å². The van der Waals surface area contributed by atoms with Crippen molar-refractivity contribution in [3.63, 3.8) is 0 Å². The third kappa shape index (κ3) is 5.69. The van der Waals surface area contributed by atoms with Crippen molar-refractivity contribution in [2.24, 2.45) is 0 Å². The molecule has 20 heavy (non-hydrogen) atoms. The van der Waals surface area contributed by atoms with Gasteiger partial charge in [0.15, 0.2) is 0 Å². The van der Waals surface area contributed by atoms with Crippen molar-refractivity contribution in [3.05, 3.63) is 23.9 Å². The van der Waals surface area contributed by atoms with Gasteiger partial charge < -0.3 is 16.0 Å². The van der Waals surface area contributed by atoms with E-state index < -0.39 is 0 Å². The van der Waals surface area contributed by atoms with Gasteiger partial charge in [0, 0.05) is 12.1 Å². The van der Waals surface area contributed by atoms with Gasteiger partial charge in [-0.05, 0) is 39.8 Å². The fraction of sp³-hybridized carbons (Fsp3) is 0.500. The molecule has 2 amide bonds. The Morgan fingerprint density at radius 2 is 1.95 bits per heavy atom. The highest BCUT2D eigenvalue weighted by atomic mass is 16.2. The van der Waals surface area contributed by atoms with Crippen LogP contribution in [-0.4, -0.2) is 35.4 Å². The third-order valence-corrected chi connectivity index (χ3v) is 2.26. The molecule has 3 N–H and O–H groups in total. The maximum atomic E-state index is 11.9. The molecular weight excluding hydrogens is 256 g/mol. The van der Waals surface area contributed by atoms with Crippen LogP contribution in [0.3, 0.4) is 0 Å². The molecule has 1 rings (SSSR count). The second-order valence-electron chi connectivity index (χ2n) is 5.42. The van der Waals surface area contributed by atoms with Gasteiger partial charge in [0.05, 0.1) is 6.54 Å². The predicted molar refractivity (Wildman–Crippen MR) is 78.6 cm³/mol. The molecule has 0 fully saturated rings. The zero-order valence-electron chi connectivity index (χ0n) is 12.4. The zero-order chi connectivity index (χ0) is 15.2. The van der Waals surface area contributed by atoms with Crippen LogP contribution >= 0.6 is 0 Å². The maximum absolute atomic E-state index is 11.9. The number of nitrogens with one attached hydrogen (secondary N) is 3. The van der Waals surface area contributed by atoms with Crippen molar-refractivity contribution >= 4 is 17.6 Å². The summed E-state index contributed by atoms with van der Waals surface area (Å²) in [5, 5.41) is 8.35. The number of anilines is 1. The highest BCUT2D eigenvalue weighted by Crippen LogP contribution is 2.04. The summed E-state index contributed by atoms with van der Waals surface area (Å²) in [6.45, 7) is 8.26. The van der Waals surface area contributed by atoms with E-state index in [4.69, 9.17) is 0 Å². The van der Waals surface area contributed by atoms with Crippen molar-refractivity contribution in [1.82, 2.24) is 15.6 Å². The van der Waals surface area contributed by atoms with E-state index in [1.807, 2.05) is 27.7 Å². The van der Waals surface area contributed by atoms with Gasteiger partial charge in [-0.15, -0.1) is 0 Å². The molecule has 1 aromatic heterocycles.